The molecule has 0 atom stereocenters. The molecule has 5 rings (SSSR count). The van der Waals surface area contributed by atoms with Crippen molar-refractivity contribution >= 4 is 17.3 Å². The Balaban J connectivity index is 1.48. The lowest BCUT2D eigenvalue weighted by atomic mass is 10.1. The van der Waals surface area contributed by atoms with Gasteiger partial charge in [0.25, 0.3) is 0 Å². The Kier molecular flexibility index (Phi) is 7.41. The first-order chi connectivity index (χ1) is 18.0. The van der Waals surface area contributed by atoms with E-state index in [-0.39, 0.29) is 23.7 Å². The maximum atomic E-state index is 13.7. The van der Waals surface area contributed by atoms with Gasteiger partial charge >= 0.3 is 5.56 Å². The van der Waals surface area contributed by atoms with E-state index in [1.165, 1.54) is 4.68 Å². The molecule has 0 amide bonds. The zero-order valence-electron chi connectivity index (χ0n) is 20.1. The fourth-order valence-corrected chi connectivity index (χ4v) is 4.48. The lowest BCUT2D eigenvalue weighted by Gasteiger charge is -2.36. The number of anilines is 1. The second kappa shape index (κ2) is 11.0. The molecule has 1 aliphatic rings. The predicted octanol–water partition coefficient (Wildman–Crippen LogP) is 4.17. The largest absolute Gasteiger partial charge is 0.508 e. The summed E-state index contributed by atoms with van der Waals surface area (Å²) in [6.07, 6.45) is 1.66. The highest BCUT2D eigenvalue weighted by molar-refractivity contribution is 6.30. The van der Waals surface area contributed by atoms with Gasteiger partial charge in [0, 0.05) is 37.7 Å². The van der Waals surface area contributed by atoms with Gasteiger partial charge in [0.2, 0.25) is 5.75 Å². The minimum atomic E-state index is -0.375. The molecule has 1 aliphatic heterocycles. The molecule has 0 radical (unpaired) electrons. The normalized spacial score (nSPS) is 14.1. The van der Waals surface area contributed by atoms with Gasteiger partial charge < -0.3 is 19.8 Å². The van der Waals surface area contributed by atoms with Crippen molar-refractivity contribution in [3.05, 3.63) is 94.4 Å². The van der Waals surface area contributed by atoms with Crippen LogP contribution >= 0.6 is 11.6 Å². The van der Waals surface area contributed by atoms with Gasteiger partial charge in [-0.25, -0.2) is 0 Å². The summed E-state index contributed by atoms with van der Waals surface area (Å²) in [5, 5.41) is 23.8. The van der Waals surface area contributed by atoms with Crippen molar-refractivity contribution < 1.29 is 14.9 Å². The van der Waals surface area contributed by atoms with Gasteiger partial charge in [-0.2, -0.15) is 9.78 Å². The Morgan fingerprint density at radius 2 is 1.49 bits per heavy atom. The van der Waals surface area contributed by atoms with Gasteiger partial charge in [-0.05, 0) is 59.7 Å². The third-order valence-electron chi connectivity index (χ3n) is 6.39. The number of β-amino-alcohol motifs (C(OH)–C–C–N with tert-alkyl or cyclic N) is 1. The van der Waals surface area contributed by atoms with Crippen molar-refractivity contribution in [3.8, 4) is 34.1 Å². The standard InChI is InChI=1S/C28H27ClN4O4/c29-22-5-7-23(8-6-22)33-28(36)27(26(19-30-33)32-15-13-31(14-16-32)17-18-34)37-25-11-3-21(4-12-25)20-1-9-24(35)10-2-20/h1-12,19,34-35H,13-18H2. The zero-order valence-corrected chi connectivity index (χ0v) is 20.9. The average molecular weight is 519 g/mol. The van der Waals surface area contributed by atoms with Crippen molar-refractivity contribution in [2.24, 2.45) is 0 Å². The predicted molar refractivity (Wildman–Crippen MR) is 144 cm³/mol. The molecule has 3 aromatic carbocycles. The van der Waals surface area contributed by atoms with E-state index >= 15 is 0 Å². The molecule has 0 saturated carbocycles. The van der Waals surface area contributed by atoms with Gasteiger partial charge in [0.15, 0.2) is 0 Å². The van der Waals surface area contributed by atoms with E-state index in [0.29, 0.717) is 41.8 Å². The van der Waals surface area contributed by atoms with Crippen molar-refractivity contribution in [1.29, 1.82) is 0 Å². The number of benzene rings is 3. The van der Waals surface area contributed by atoms with Crippen LogP contribution in [-0.2, 0) is 0 Å². The van der Waals surface area contributed by atoms with Gasteiger partial charge in [-0.3, -0.25) is 9.69 Å². The van der Waals surface area contributed by atoms with E-state index in [9.17, 15) is 15.0 Å². The molecule has 1 fully saturated rings. The quantitative estimate of drug-likeness (QED) is 0.379. The number of aliphatic hydroxyl groups excluding tert-OH is 1. The molecule has 9 heteroatoms. The number of ether oxygens (including phenoxy) is 1. The summed E-state index contributed by atoms with van der Waals surface area (Å²) in [5.41, 5.74) is 2.75. The molecule has 37 heavy (non-hydrogen) atoms. The van der Waals surface area contributed by atoms with Crippen molar-refractivity contribution in [2.75, 3.05) is 44.2 Å². The number of hydrogen-bond acceptors (Lipinski definition) is 7. The number of hydrogen-bond donors (Lipinski definition) is 2. The van der Waals surface area contributed by atoms with Crippen LogP contribution < -0.4 is 15.2 Å². The number of aromatic hydroxyl groups is 1. The molecule has 0 spiro atoms. The summed E-state index contributed by atoms with van der Waals surface area (Å²) in [6, 6.07) is 21.3. The monoisotopic (exact) mass is 518 g/mol. The number of piperazine rings is 1. The number of aromatic nitrogens is 2. The minimum absolute atomic E-state index is 0.118. The van der Waals surface area contributed by atoms with E-state index in [1.807, 2.05) is 36.4 Å². The molecule has 0 aliphatic carbocycles. The first kappa shape index (κ1) is 24.8. The molecule has 4 aromatic rings. The van der Waals surface area contributed by atoms with Gasteiger partial charge in [0.05, 0.1) is 18.5 Å². The second-order valence-electron chi connectivity index (χ2n) is 8.78. The third-order valence-corrected chi connectivity index (χ3v) is 6.64. The molecular weight excluding hydrogens is 492 g/mol. The summed E-state index contributed by atoms with van der Waals surface area (Å²) < 4.78 is 7.54. The van der Waals surface area contributed by atoms with Crippen LogP contribution in [0.2, 0.25) is 5.02 Å². The molecule has 190 valence electrons. The highest BCUT2D eigenvalue weighted by Gasteiger charge is 2.24. The fraction of sp³-hybridized carbons (Fsp3) is 0.214. The lowest BCUT2D eigenvalue weighted by Crippen LogP contribution is -2.47. The zero-order chi connectivity index (χ0) is 25.8. The van der Waals surface area contributed by atoms with Crippen LogP contribution in [0, 0.1) is 0 Å². The van der Waals surface area contributed by atoms with Crippen molar-refractivity contribution in [1.82, 2.24) is 14.7 Å². The van der Waals surface area contributed by atoms with Crippen molar-refractivity contribution in [3.63, 3.8) is 0 Å². The van der Waals surface area contributed by atoms with Crippen LogP contribution in [-0.4, -0.2) is 64.2 Å². The Morgan fingerprint density at radius 1 is 0.865 bits per heavy atom. The topological polar surface area (TPSA) is 91.1 Å². The minimum Gasteiger partial charge on any atom is -0.508 e. The number of halogens is 1. The number of phenolic OH excluding ortho intramolecular Hbond substituents is 1. The van der Waals surface area contributed by atoms with Crippen molar-refractivity contribution in [2.45, 2.75) is 0 Å². The molecule has 1 aromatic heterocycles. The van der Waals surface area contributed by atoms with E-state index in [1.54, 1.807) is 42.6 Å². The third kappa shape index (κ3) is 5.61. The Bertz CT molecular complexity index is 1400. The number of rotatable bonds is 7. The van der Waals surface area contributed by atoms with E-state index in [4.69, 9.17) is 16.3 Å². The lowest BCUT2D eigenvalue weighted by molar-refractivity contribution is 0.188. The first-order valence-corrected chi connectivity index (χ1v) is 12.4. The summed E-state index contributed by atoms with van der Waals surface area (Å²) in [7, 11) is 0. The highest BCUT2D eigenvalue weighted by atomic mass is 35.5. The van der Waals surface area contributed by atoms with E-state index in [0.717, 1.165) is 24.2 Å². The maximum Gasteiger partial charge on any atom is 0.316 e. The Hall–Kier alpha value is -3.85. The van der Waals surface area contributed by atoms with Gasteiger partial charge in [-0.15, -0.1) is 0 Å². The molecule has 2 heterocycles. The first-order valence-electron chi connectivity index (χ1n) is 12.1. The van der Waals surface area contributed by atoms with Gasteiger partial charge in [0.1, 0.15) is 17.2 Å². The fourth-order valence-electron chi connectivity index (χ4n) is 4.36. The summed E-state index contributed by atoms with van der Waals surface area (Å²) >= 11 is 6.03. The van der Waals surface area contributed by atoms with Crippen LogP contribution in [0.25, 0.3) is 16.8 Å². The SMILES string of the molecule is O=c1c(Oc2ccc(-c3ccc(O)cc3)cc2)c(N2CCN(CCO)CC2)cnn1-c1ccc(Cl)cc1. The van der Waals surface area contributed by atoms with Crippen LogP contribution in [0.3, 0.4) is 0 Å². The summed E-state index contributed by atoms with van der Waals surface area (Å²) in [5.74, 6) is 0.926. The maximum absolute atomic E-state index is 13.7. The molecular formula is C28H27ClN4O4. The van der Waals surface area contributed by atoms with Crippen LogP contribution in [0.5, 0.6) is 17.2 Å². The molecule has 8 nitrogen and oxygen atoms in total. The Morgan fingerprint density at radius 3 is 2.11 bits per heavy atom. The van der Waals surface area contributed by atoms with Gasteiger partial charge in [-0.1, -0.05) is 35.9 Å². The molecule has 1 saturated heterocycles. The Labute approximate surface area is 219 Å². The summed E-state index contributed by atoms with van der Waals surface area (Å²) in [6.45, 7) is 3.64. The molecule has 0 unspecified atom stereocenters. The molecule has 2 N–H and O–H groups in total. The second-order valence-corrected chi connectivity index (χ2v) is 9.21. The van der Waals surface area contributed by atoms with E-state index < -0.39 is 0 Å². The van der Waals surface area contributed by atoms with E-state index in [2.05, 4.69) is 14.9 Å². The molecule has 0 bridgehead atoms. The number of phenols is 1. The smallest absolute Gasteiger partial charge is 0.316 e. The van der Waals surface area contributed by atoms with Crippen LogP contribution in [0.15, 0.2) is 83.8 Å². The highest BCUT2D eigenvalue weighted by Crippen LogP contribution is 2.31. The average Bonchev–Trinajstić information content (AvgIpc) is 2.92. The van der Waals surface area contributed by atoms with Crippen LogP contribution in [0.1, 0.15) is 0 Å². The van der Waals surface area contributed by atoms with Crippen LogP contribution in [0.4, 0.5) is 5.69 Å². The summed E-state index contributed by atoms with van der Waals surface area (Å²) in [4.78, 5) is 17.9. The number of aliphatic hydroxyl groups is 1. The number of nitrogens with zero attached hydrogens (tertiary/aromatic N) is 4.